The van der Waals surface area contributed by atoms with Gasteiger partial charge in [-0.05, 0) is 50.1 Å². The summed E-state index contributed by atoms with van der Waals surface area (Å²) in [5.74, 6) is -0.392. The largest absolute Gasteiger partial charge is 0.369 e. The van der Waals surface area contributed by atoms with E-state index in [0.717, 1.165) is 18.7 Å². The standard InChI is InChI=1S/C23H30N2O4S2/c1-17-7-9-20(10-8-17)31(28,29)23-16-30(26,27)15-22(23)25-13-11-24(12-14-25)21-6-4-5-18(2)19(21)3/h4-10,22-23H,11-16H2,1-3H3/t22-,23-/m0/s1. The third-order valence-electron chi connectivity index (χ3n) is 6.72. The van der Waals surface area contributed by atoms with Gasteiger partial charge in [0.15, 0.2) is 19.7 Å². The monoisotopic (exact) mass is 462 g/mol. The van der Waals surface area contributed by atoms with E-state index in [9.17, 15) is 16.8 Å². The van der Waals surface area contributed by atoms with E-state index in [1.54, 1.807) is 24.3 Å². The minimum atomic E-state index is -3.74. The van der Waals surface area contributed by atoms with Crippen molar-refractivity contribution < 1.29 is 16.8 Å². The maximum Gasteiger partial charge on any atom is 0.183 e. The number of nitrogens with zero attached hydrogens (tertiary/aromatic N) is 2. The maximum atomic E-state index is 13.4. The summed E-state index contributed by atoms with van der Waals surface area (Å²) in [7, 11) is -7.14. The number of benzene rings is 2. The Balaban J connectivity index is 1.55. The highest BCUT2D eigenvalue weighted by Gasteiger charge is 2.48. The summed E-state index contributed by atoms with van der Waals surface area (Å²) in [6.07, 6.45) is 0. The highest BCUT2D eigenvalue weighted by Crippen LogP contribution is 2.31. The SMILES string of the molecule is Cc1ccc(S(=O)(=O)[C@H]2CS(=O)(=O)C[C@@H]2N2CCN(c3cccc(C)c3C)CC2)cc1. The lowest BCUT2D eigenvalue weighted by Gasteiger charge is -2.40. The first-order valence-electron chi connectivity index (χ1n) is 10.6. The summed E-state index contributed by atoms with van der Waals surface area (Å²) in [4.78, 5) is 4.59. The van der Waals surface area contributed by atoms with Gasteiger partial charge in [0.05, 0.1) is 21.7 Å². The molecule has 0 spiro atoms. The van der Waals surface area contributed by atoms with Crippen LogP contribution in [-0.2, 0) is 19.7 Å². The van der Waals surface area contributed by atoms with Crippen LogP contribution in [0.5, 0.6) is 0 Å². The molecule has 2 aromatic carbocycles. The number of hydrogen-bond acceptors (Lipinski definition) is 6. The van der Waals surface area contributed by atoms with Crippen LogP contribution < -0.4 is 4.90 Å². The van der Waals surface area contributed by atoms with Gasteiger partial charge in [0, 0.05) is 37.9 Å². The van der Waals surface area contributed by atoms with E-state index in [-0.39, 0.29) is 16.4 Å². The highest BCUT2D eigenvalue weighted by atomic mass is 32.2. The molecule has 0 aromatic heterocycles. The molecular weight excluding hydrogens is 432 g/mol. The van der Waals surface area contributed by atoms with Gasteiger partial charge in [0.1, 0.15) is 0 Å². The van der Waals surface area contributed by atoms with Crippen molar-refractivity contribution >= 4 is 25.4 Å². The molecule has 2 heterocycles. The van der Waals surface area contributed by atoms with E-state index in [2.05, 4.69) is 41.8 Å². The zero-order valence-electron chi connectivity index (χ0n) is 18.3. The molecule has 0 saturated carbocycles. The first-order chi connectivity index (χ1) is 14.6. The average molecular weight is 463 g/mol. The lowest BCUT2D eigenvalue weighted by atomic mass is 10.1. The molecule has 6 nitrogen and oxygen atoms in total. The number of aryl methyl sites for hydroxylation is 2. The van der Waals surface area contributed by atoms with E-state index in [1.807, 2.05) is 6.92 Å². The Kier molecular flexibility index (Phi) is 5.91. The molecule has 2 aliphatic heterocycles. The lowest BCUT2D eigenvalue weighted by Crippen LogP contribution is -2.55. The summed E-state index contributed by atoms with van der Waals surface area (Å²) < 4.78 is 51.7. The molecule has 31 heavy (non-hydrogen) atoms. The van der Waals surface area contributed by atoms with Crippen molar-refractivity contribution in [3.8, 4) is 0 Å². The smallest absolute Gasteiger partial charge is 0.183 e. The molecule has 0 N–H and O–H groups in total. The van der Waals surface area contributed by atoms with Gasteiger partial charge in [-0.15, -0.1) is 0 Å². The fourth-order valence-electron chi connectivity index (χ4n) is 4.71. The minimum Gasteiger partial charge on any atom is -0.369 e. The Labute approximate surface area is 185 Å². The molecule has 2 aromatic rings. The third-order valence-corrected chi connectivity index (χ3v) is 10.9. The first-order valence-corrected chi connectivity index (χ1v) is 14.0. The van der Waals surface area contributed by atoms with E-state index in [4.69, 9.17) is 0 Å². The van der Waals surface area contributed by atoms with Crippen LogP contribution in [-0.4, -0.2) is 70.7 Å². The molecule has 2 atom stereocenters. The summed E-state index contributed by atoms with van der Waals surface area (Å²) in [6.45, 7) is 8.90. The summed E-state index contributed by atoms with van der Waals surface area (Å²) >= 11 is 0. The van der Waals surface area contributed by atoms with Crippen molar-refractivity contribution in [3.63, 3.8) is 0 Å². The van der Waals surface area contributed by atoms with E-state index >= 15 is 0 Å². The van der Waals surface area contributed by atoms with Gasteiger partial charge < -0.3 is 4.90 Å². The van der Waals surface area contributed by atoms with Gasteiger partial charge >= 0.3 is 0 Å². The van der Waals surface area contributed by atoms with Crippen molar-refractivity contribution in [2.24, 2.45) is 0 Å². The number of anilines is 1. The molecule has 0 unspecified atom stereocenters. The first kappa shape index (κ1) is 22.3. The molecule has 2 saturated heterocycles. The normalized spacial score (nSPS) is 24.4. The fourth-order valence-corrected chi connectivity index (χ4v) is 9.54. The van der Waals surface area contributed by atoms with Gasteiger partial charge in [-0.2, -0.15) is 0 Å². The molecule has 2 aliphatic rings. The van der Waals surface area contributed by atoms with E-state index < -0.39 is 31.0 Å². The van der Waals surface area contributed by atoms with Gasteiger partial charge in [0.2, 0.25) is 0 Å². The van der Waals surface area contributed by atoms with Crippen LogP contribution in [0.25, 0.3) is 0 Å². The summed E-state index contributed by atoms with van der Waals surface area (Å²) in [5, 5.41) is -0.924. The van der Waals surface area contributed by atoms with E-state index in [1.165, 1.54) is 16.8 Å². The van der Waals surface area contributed by atoms with Gasteiger partial charge in [-0.25, -0.2) is 16.8 Å². The molecule has 0 radical (unpaired) electrons. The second-order valence-electron chi connectivity index (χ2n) is 8.78. The molecule has 4 rings (SSSR count). The lowest BCUT2D eigenvalue weighted by molar-refractivity contribution is 0.201. The number of sulfone groups is 2. The van der Waals surface area contributed by atoms with Crippen LogP contribution in [0.3, 0.4) is 0 Å². The zero-order valence-corrected chi connectivity index (χ0v) is 19.9. The third kappa shape index (κ3) is 4.38. The predicted octanol–water partition coefficient (Wildman–Crippen LogP) is 2.37. The number of rotatable bonds is 4. The molecule has 168 valence electrons. The van der Waals surface area contributed by atoms with Crippen molar-refractivity contribution in [3.05, 3.63) is 59.2 Å². The number of hydrogen-bond donors (Lipinski definition) is 0. The molecule has 8 heteroatoms. The summed E-state index contributed by atoms with van der Waals surface area (Å²) in [5.41, 5.74) is 4.66. The highest BCUT2D eigenvalue weighted by molar-refractivity contribution is 7.96. The Morgan fingerprint density at radius 1 is 0.871 bits per heavy atom. The van der Waals surface area contributed by atoms with Crippen molar-refractivity contribution in [2.45, 2.75) is 37.0 Å². The Hall–Kier alpha value is -1.90. The molecule has 2 fully saturated rings. The van der Waals surface area contributed by atoms with Crippen LogP contribution in [0.2, 0.25) is 0 Å². The molecule has 0 amide bonds. The summed E-state index contributed by atoms with van der Waals surface area (Å²) in [6, 6.07) is 12.5. The van der Waals surface area contributed by atoms with Gasteiger partial charge in [0.25, 0.3) is 0 Å². The van der Waals surface area contributed by atoms with Crippen LogP contribution in [0, 0.1) is 20.8 Å². The van der Waals surface area contributed by atoms with Crippen molar-refractivity contribution in [1.82, 2.24) is 4.90 Å². The van der Waals surface area contributed by atoms with Crippen LogP contribution in [0.4, 0.5) is 5.69 Å². The fraction of sp³-hybridized carbons (Fsp3) is 0.478. The average Bonchev–Trinajstić information content (AvgIpc) is 3.07. The van der Waals surface area contributed by atoms with Crippen LogP contribution in [0.15, 0.2) is 47.4 Å². The topological polar surface area (TPSA) is 74.8 Å². The Morgan fingerprint density at radius 2 is 1.52 bits per heavy atom. The molecule has 0 bridgehead atoms. The molecular formula is C23H30N2O4S2. The molecule has 0 aliphatic carbocycles. The van der Waals surface area contributed by atoms with Gasteiger partial charge in [-0.1, -0.05) is 29.8 Å². The minimum absolute atomic E-state index is 0.0910. The maximum absolute atomic E-state index is 13.4. The second kappa shape index (κ2) is 8.22. The van der Waals surface area contributed by atoms with E-state index in [0.29, 0.717) is 13.1 Å². The van der Waals surface area contributed by atoms with Crippen molar-refractivity contribution in [2.75, 3.05) is 42.6 Å². The van der Waals surface area contributed by atoms with Crippen LogP contribution in [0.1, 0.15) is 16.7 Å². The van der Waals surface area contributed by atoms with Crippen LogP contribution >= 0.6 is 0 Å². The van der Waals surface area contributed by atoms with Gasteiger partial charge in [-0.3, -0.25) is 4.90 Å². The Morgan fingerprint density at radius 3 is 2.16 bits per heavy atom. The predicted molar refractivity (Wildman–Crippen MR) is 124 cm³/mol. The Bertz CT molecular complexity index is 1170. The second-order valence-corrected chi connectivity index (χ2v) is 13.1. The number of piperazine rings is 1. The quantitative estimate of drug-likeness (QED) is 0.695. The van der Waals surface area contributed by atoms with Crippen molar-refractivity contribution in [1.29, 1.82) is 0 Å². The zero-order chi connectivity index (χ0) is 22.4.